The SMILES string of the molecule is O=c1c(CNc2ccccc2)c(Nc2ccccc2)nc2ccccn12. The Labute approximate surface area is 151 Å². The molecule has 0 atom stereocenters. The van der Waals surface area contributed by atoms with Crippen LogP contribution in [0.1, 0.15) is 5.56 Å². The van der Waals surface area contributed by atoms with Crippen molar-refractivity contribution in [1.82, 2.24) is 9.38 Å². The summed E-state index contributed by atoms with van der Waals surface area (Å²) in [6.07, 6.45) is 1.74. The normalized spacial score (nSPS) is 10.6. The average Bonchev–Trinajstić information content (AvgIpc) is 2.69. The maximum absolute atomic E-state index is 13.0. The van der Waals surface area contributed by atoms with Gasteiger partial charge in [0, 0.05) is 24.1 Å². The fraction of sp³-hybridized carbons (Fsp3) is 0.0476. The molecule has 0 fully saturated rings. The minimum atomic E-state index is -0.0857. The highest BCUT2D eigenvalue weighted by atomic mass is 16.1. The molecule has 0 saturated heterocycles. The van der Waals surface area contributed by atoms with Crippen LogP contribution in [0.2, 0.25) is 0 Å². The van der Waals surface area contributed by atoms with E-state index < -0.39 is 0 Å². The fourth-order valence-corrected chi connectivity index (χ4v) is 2.79. The molecular weight excluding hydrogens is 324 g/mol. The van der Waals surface area contributed by atoms with E-state index in [1.54, 1.807) is 10.6 Å². The van der Waals surface area contributed by atoms with Crippen molar-refractivity contribution in [1.29, 1.82) is 0 Å². The molecule has 0 aliphatic heterocycles. The van der Waals surface area contributed by atoms with Gasteiger partial charge in [0.15, 0.2) is 0 Å². The average molecular weight is 342 g/mol. The number of nitrogens with one attached hydrogen (secondary N) is 2. The fourth-order valence-electron chi connectivity index (χ4n) is 2.79. The second-order valence-electron chi connectivity index (χ2n) is 5.88. The predicted molar refractivity (Wildman–Crippen MR) is 105 cm³/mol. The van der Waals surface area contributed by atoms with E-state index in [4.69, 9.17) is 0 Å². The molecule has 0 bridgehead atoms. The van der Waals surface area contributed by atoms with Crippen molar-refractivity contribution in [2.75, 3.05) is 10.6 Å². The molecule has 0 aliphatic rings. The molecular formula is C21H18N4O. The van der Waals surface area contributed by atoms with Crippen LogP contribution >= 0.6 is 0 Å². The lowest BCUT2D eigenvalue weighted by molar-refractivity contribution is 0.976. The molecule has 2 aromatic heterocycles. The smallest absolute Gasteiger partial charge is 0.265 e. The Morgan fingerprint density at radius 2 is 1.46 bits per heavy atom. The number of hydrogen-bond donors (Lipinski definition) is 2. The van der Waals surface area contributed by atoms with Crippen LogP contribution < -0.4 is 16.2 Å². The molecule has 5 heteroatoms. The van der Waals surface area contributed by atoms with Crippen LogP contribution in [-0.2, 0) is 6.54 Å². The van der Waals surface area contributed by atoms with E-state index in [0.717, 1.165) is 11.4 Å². The monoisotopic (exact) mass is 342 g/mol. The third-order valence-electron chi connectivity index (χ3n) is 4.11. The standard InChI is InChI=1S/C21H18N4O/c26-21-18(15-22-16-9-3-1-4-10-16)20(23-17-11-5-2-6-12-17)24-19-13-7-8-14-25(19)21/h1-14,22-23H,15H2. The van der Waals surface area contributed by atoms with Gasteiger partial charge in [0.1, 0.15) is 11.5 Å². The first-order valence-corrected chi connectivity index (χ1v) is 8.42. The zero-order valence-electron chi connectivity index (χ0n) is 14.1. The molecule has 4 rings (SSSR count). The van der Waals surface area contributed by atoms with Crippen LogP contribution in [0.15, 0.2) is 89.9 Å². The van der Waals surface area contributed by atoms with Crippen molar-refractivity contribution in [3.63, 3.8) is 0 Å². The number of aromatic nitrogens is 2. The third kappa shape index (κ3) is 3.28. The van der Waals surface area contributed by atoms with Gasteiger partial charge in [-0.15, -0.1) is 0 Å². The van der Waals surface area contributed by atoms with Crippen LogP contribution in [0, 0.1) is 0 Å². The lowest BCUT2D eigenvalue weighted by Crippen LogP contribution is -2.23. The Morgan fingerprint density at radius 3 is 2.19 bits per heavy atom. The van der Waals surface area contributed by atoms with Crippen LogP contribution in [0.3, 0.4) is 0 Å². The summed E-state index contributed by atoms with van der Waals surface area (Å²) < 4.78 is 1.57. The number of fused-ring (bicyclic) bond motifs is 1. The maximum atomic E-state index is 13.0. The lowest BCUT2D eigenvalue weighted by Gasteiger charge is -2.14. The van der Waals surface area contributed by atoms with Crippen molar-refractivity contribution in [3.05, 3.63) is 101 Å². The largest absolute Gasteiger partial charge is 0.381 e. The second-order valence-corrected chi connectivity index (χ2v) is 5.88. The number of para-hydroxylation sites is 2. The van der Waals surface area contributed by atoms with Gasteiger partial charge in [-0.1, -0.05) is 42.5 Å². The Bertz CT molecular complexity index is 1080. The first kappa shape index (κ1) is 15.9. The summed E-state index contributed by atoms with van der Waals surface area (Å²) in [6.45, 7) is 0.378. The lowest BCUT2D eigenvalue weighted by atomic mass is 10.2. The zero-order chi connectivity index (χ0) is 17.8. The van der Waals surface area contributed by atoms with Gasteiger partial charge in [-0.05, 0) is 36.4 Å². The first-order valence-electron chi connectivity index (χ1n) is 8.42. The van der Waals surface area contributed by atoms with Gasteiger partial charge in [0.2, 0.25) is 0 Å². The van der Waals surface area contributed by atoms with Gasteiger partial charge in [-0.3, -0.25) is 9.20 Å². The Morgan fingerprint density at radius 1 is 0.808 bits per heavy atom. The molecule has 0 aliphatic carbocycles. The second kappa shape index (κ2) is 7.11. The summed E-state index contributed by atoms with van der Waals surface area (Å²) in [6, 6.07) is 25.1. The van der Waals surface area contributed by atoms with E-state index in [2.05, 4.69) is 15.6 Å². The van der Waals surface area contributed by atoms with Gasteiger partial charge in [-0.25, -0.2) is 4.98 Å². The molecule has 0 radical (unpaired) electrons. The summed E-state index contributed by atoms with van der Waals surface area (Å²) >= 11 is 0. The van der Waals surface area contributed by atoms with Crippen molar-refractivity contribution >= 4 is 22.8 Å². The Hall–Kier alpha value is -3.60. The van der Waals surface area contributed by atoms with Gasteiger partial charge in [-0.2, -0.15) is 0 Å². The van der Waals surface area contributed by atoms with Crippen LogP contribution in [0.4, 0.5) is 17.2 Å². The predicted octanol–water partition coefficient (Wildman–Crippen LogP) is 4.05. The molecule has 2 heterocycles. The highest BCUT2D eigenvalue weighted by Gasteiger charge is 2.13. The van der Waals surface area contributed by atoms with Crippen molar-refractivity contribution in [2.24, 2.45) is 0 Å². The molecule has 4 aromatic rings. The minimum Gasteiger partial charge on any atom is -0.381 e. The highest BCUT2D eigenvalue weighted by molar-refractivity contribution is 5.62. The minimum absolute atomic E-state index is 0.0857. The summed E-state index contributed by atoms with van der Waals surface area (Å²) in [4.78, 5) is 17.7. The van der Waals surface area contributed by atoms with Crippen LogP contribution in [-0.4, -0.2) is 9.38 Å². The zero-order valence-corrected chi connectivity index (χ0v) is 14.1. The molecule has 0 saturated carbocycles. The van der Waals surface area contributed by atoms with Gasteiger partial charge in [0.25, 0.3) is 5.56 Å². The summed E-state index contributed by atoms with van der Waals surface area (Å²) in [7, 11) is 0. The molecule has 2 aromatic carbocycles. The number of benzene rings is 2. The van der Waals surface area contributed by atoms with Gasteiger partial charge < -0.3 is 10.6 Å². The quantitative estimate of drug-likeness (QED) is 0.574. The Kier molecular flexibility index (Phi) is 4.35. The molecule has 128 valence electrons. The molecule has 5 nitrogen and oxygen atoms in total. The molecule has 0 amide bonds. The van der Waals surface area contributed by atoms with Crippen molar-refractivity contribution in [3.8, 4) is 0 Å². The molecule has 2 N–H and O–H groups in total. The van der Waals surface area contributed by atoms with E-state index in [0.29, 0.717) is 23.6 Å². The number of hydrogen-bond acceptors (Lipinski definition) is 4. The van der Waals surface area contributed by atoms with E-state index in [9.17, 15) is 4.79 Å². The topological polar surface area (TPSA) is 58.4 Å². The van der Waals surface area contributed by atoms with E-state index in [-0.39, 0.29) is 5.56 Å². The van der Waals surface area contributed by atoms with Gasteiger partial charge in [0.05, 0.1) is 5.56 Å². The Balaban J connectivity index is 1.76. The first-order chi connectivity index (χ1) is 12.8. The van der Waals surface area contributed by atoms with Crippen molar-refractivity contribution < 1.29 is 0 Å². The number of anilines is 3. The van der Waals surface area contributed by atoms with E-state index >= 15 is 0 Å². The maximum Gasteiger partial charge on any atom is 0.265 e. The number of nitrogens with zero attached hydrogens (tertiary/aromatic N) is 2. The third-order valence-corrected chi connectivity index (χ3v) is 4.11. The van der Waals surface area contributed by atoms with E-state index in [1.165, 1.54) is 0 Å². The van der Waals surface area contributed by atoms with Gasteiger partial charge >= 0.3 is 0 Å². The van der Waals surface area contributed by atoms with Crippen LogP contribution in [0.25, 0.3) is 5.65 Å². The van der Waals surface area contributed by atoms with E-state index in [1.807, 2.05) is 78.9 Å². The summed E-state index contributed by atoms with van der Waals surface area (Å²) in [5.74, 6) is 0.566. The van der Waals surface area contributed by atoms with Crippen molar-refractivity contribution in [2.45, 2.75) is 6.54 Å². The summed E-state index contributed by atoms with van der Waals surface area (Å²) in [5, 5.41) is 6.58. The summed E-state index contributed by atoms with van der Waals surface area (Å²) in [5.41, 5.74) is 2.95. The number of rotatable bonds is 5. The van der Waals surface area contributed by atoms with Crippen LogP contribution in [0.5, 0.6) is 0 Å². The highest BCUT2D eigenvalue weighted by Crippen LogP contribution is 2.18. The number of pyridine rings is 1. The molecule has 0 unspecified atom stereocenters. The molecule has 26 heavy (non-hydrogen) atoms. The molecule has 0 spiro atoms.